The molecule has 0 saturated heterocycles. The second-order valence-electron chi connectivity index (χ2n) is 6.95. The van der Waals surface area contributed by atoms with Crippen molar-refractivity contribution in [2.75, 3.05) is 26.3 Å². The Morgan fingerprint density at radius 2 is 1.84 bits per heavy atom. The van der Waals surface area contributed by atoms with Gasteiger partial charge in [-0.05, 0) is 45.3 Å². The lowest BCUT2D eigenvalue weighted by molar-refractivity contribution is -0.137. The van der Waals surface area contributed by atoms with Gasteiger partial charge in [-0.1, -0.05) is 29.8 Å². The number of ether oxygens (including phenoxy) is 1. The molecular weight excluding hydrogens is 436 g/mol. The number of carbonyl (C=O) groups is 2. The molecule has 0 bridgehead atoms. The Balaban J connectivity index is 2.39. The topological polar surface area (TPSA) is 108 Å². The Labute approximate surface area is 192 Å². The molecule has 1 amide bonds. The lowest BCUT2D eigenvalue weighted by atomic mass is 10.0. The van der Waals surface area contributed by atoms with E-state index < -0.39 is 17.5 Å². The minimum atomic E-state index is -0.776. The van der Waals surface area contributed by atoms with E-state index in [1.54, 1.807) is 11.0 Å². The van der Waals surface area contributed by atoms with E-state index in [4.69, 9.17) is 21.2 Å². The number of rotatable bonds is 6. The molecule has 0 aromatic heterocycles. The van der Waals surface area contributed by atoms with Crippen LogP contribution in [-0.4, -0.2) is 53.3 Å². The van der Waals surface area contributed by atoms with Crippen LogP contribution in [0.25, 0.3) is 6.08 Å². The van der Waals surface area contributed by atoms with E-state index in [1.165, 1.54) is 6.08 Å². The molecule has 32 heavy (non-hydrogen) atoms. The molecule has 0 spiro atoms. The van der Waals surface area contributed by atoms with Crippen LogP contribution in [0.2, 0.25) is 5.02 Å². The second kappa shape index (κ2) is 12.8. The van der Waals surface area contributed by atoms with Crippen molar-refractivity contribution in [3.8, 4) is 11.5 Å². The Morgan fingerprint density at radius 3 is 2.56 bits per heavy atom. The van der Waals surface area contributed by atoms with E-state index in [2.05, 4.69) is 5.48 Å². The summed E-state index contributed by atoms with van der Waals surface area (Å²) in [5, 5.41) is 20.2. The summed E-state index contributed by atoms with van der Waals surface area (Å²) >= 11 is 6.25. The lowest BCUT2D eigenvalue weighted by Crippen LogP contribution is -2.35. The molecule has 0 radical (unpaired) electrons. The van der Waals surface area contributed by atoms with Gasteiger partial charge in [-0.2, -0.15) is 0 Å². The number of hydrogen-bond acceptors (Lipinski definition) is 7. The van der Waals surface area contributed by atoms with Gasteiger partial charge < -0.3 is 19.8 Å². The standard InChI is InChI=1S/C23H29ClN2O6/c1-3-26(4-2)20(29)15-32-25-16-11-9-7-5-6-8-10-12-31-23(30)21-17(13-16)22(24)19(28)14-18(21)27/h6,8-9,11,13-14,25,27-28H,3-5,7,10,12,15H2,1-2H3/b8-6?,11-9?,16-13-. The van der Waals surface area contributed by atoms with Gasteiger partial charge in [0.05, 0.1) is 17.3 Å². The number of amides is 1. The first-order valence-corrected chi connectivity index (χ1v) is 10.9. The third kappa shape index (κ3) is 7.03. The summed E-state index contributed by atoms with van der Waals surface area (Å²) in [6, 6.07) is 0.988. The third-order valence-electron chi connectivity index (χ3n) is 4.75. The zero-order valence-corrected chi connectivity index (χ0v) is 19.0. The number of allylic oxidation sites excluding steroid dienone is 3. The molecule has 0 unspecified atom stereocenters. The zero-order chi connectivity index (χ0) is 23.5. The number of fused-ring (bicyclic) bond motifs is 1. The minimum Gasteiger partial charge on any atom is -0.507 e. The first-order chi connectivity index (χ1) is 15.4. The largest absolute Gasteiger partial charge is 0.507 e. The summed E-state index contributed by atoms with van der Waals surface area (Å²) in [6.07, 6.45) is 11.0. The minimum absolute atomic E-state index is 0.0626. The molecule has 174 valence electrons. The first-order valence-electron chi connectivity index (χ1n) is 10.5. The number of hydrogen-bond donors (Lipinski definition) is 3. The molecule has 1 aliphatic heterocycles. The Morgan fingerprint density at radius 1 is 1.16 bits per heavy atom. The molecular formula is C23H29ClN2O6. The number of carbonyl (C=O) groups excluding carboxylic acids is 2. The van der Waals surface area contributed by atoms with Gasteiger partial charge in [-0.3, -0.25) is 15.1 Å². The van der Waals surface area contributed by atoms with E-state index >= 15 is 0 Å². The van der Waals surface area contributed by atoms with Crippen molar-refractivity contribution in [1.82, 2.24) is 10.4 Å². The Kier molecular flexibility index (Phi) is 10.1. The fourth-order valence-corrected chi connectivity index (χ4v) is 3.25. The van der Waals surface area contributed by atoms with Gasteiger partial charge in [-0.15, -0.1) is 0 Å². The van der Waals surface area contributed by atoms with Crippen molar-refractivity contribution in [1.29, 1.82) is 0 Å². The highest BCUT2D eigenvalue weighted by atomic mass is 35.5. The molecule has 1 heterocycles. The van der Waals surface area contributed by atoms with Crippen LogP contribution in [0.4, 0.5) is 0 Å². The van der Waals surface area contributed by atoms with Crippen LogP contribution in [0.1, 0.15) is 49.0 Å². The molecule has 3 N–H and O–H groups in total. The fourth-order valence-electron chi connectivity index (χ4n) is 3.05. The quantitative estimate of drug-likeness (QED) is 0.332. The number of nitrogens with zero attached hydrogens (tertiary/aromatic N) is 1. The molecule has 8 nitrogen and oxygen atoms in total. The van der Waals surface area contributed by atoms with Crippen molar-refractivity contribution in [3.63, 3.8) is 0 Å². The normalized spacial score (nSPS) is 16.3. The maximum atomic E-state index is 12.6. The fraction of sp³-hybridized carbons (Fsp3) is 0.391. The second-order valence-corrected chi connectivity index (χ2v) is 7.33. The van der Waals surface area contributed by atoms with E-state index in [0.717, 1.165) is 18.9 Å². The van der Waals surface area contributed by atoms with Gasteiger partial charge in [0.15, 0.2) is 6.61 Å². The molecule has 9 heteroatoms. The van der Waals surface area contributed by atoms with Gasteiger partial charge in [0.1, 0.15) is 17.1 Å². The molecule has 1 aromatic rings. The molecule has 0 atom stereocenters. The SMILES string of the molecule is CCN(CC)C(=O)CON/C1=C\c2c(Cl)c(O)cc(O)c2C(=O)OCCC=CCCC=C1. The van der Waals surface area contributed by atoms with Gasteiger partial charge >= 0.3 is 5.97 Å². The number of halogens is 1. The van der Waals surface area contributed by atoms with Crippen LogP contribution in [0.3, 0.4) is 0 Å². The van der Waals surface area contributed by atoms with Crippen molar-refractivity contribution in [2.45, 2.75) is 33.1 Å². The zero-order valence-electron chi connectivity index (χ0n) is 18.3. The number of cyclic esters (lactones) is 1. The van der Waals surface area contributed by atoms with E-state index in [0.29, 0.717) is 25.2 Å². The van der Waals surface area contributed by atoms with Crippen LogP contribution in [0, 0.1) is 0 Å². The maximum Gasteiger partial charge on any atom is 0.342 e. The average molecular weight is 465 g/mol. The van der Waals surface area contributed by atoms with Gasteiger partial charge in [-0.25, -0.2) is 4.79 Å². The van der Waals surface area contributed by atoms with Crippen molar-refractivity contribution in [2.24, 2.45) is 0 Å². The van der Waals surface area contributed by atoms with Crippen molar-refractivity contribution in [3.05, 3.63) is 52.2 Å². The summed E-state index contributed by atoms with van der Waals surface area (Å²) in [7, 11) is 0. The summed E-state index contributed by atoms with van der Waals surface area (Å²) < 4.78 is 5.25. The molecule has 0 aliphatic carbocycles. The number of likely N-dealkylation sites (N-methyl/N-ethyl adjacent to an activating group) is 1. The van der Waals surface area contributed by atoms with Crippen molar-refractivity contribution < 1.29 is 29.4 Å². The highest BCUT2D eigenvalue weighted by Crippen LogP contribution is 2.38. The number of esters is 1. The van der Waals surface area contributed by atoms with E-state index in [-0.39, 0.29) is 35.3 Å². The van der Waals surface area contributed by atoms with Gasteiger partial charge in [0, 0.05) is 24.7 Å². The molecule has 0 saturated carbocycles. The monoisotopic (exact) mass is 464 g/mol. The molecule has 1 aliphatic rings. The number of phenols is 2. The highest BCUT2D eigenvalue weighted by molar-refractivity contribution is 6.34. The summed E-state index contributed by atoms with van der Waals surface area (Å²) in [5.41, 5.74) is 2.94. The summed E-state index contributed by atoms with van der Waals surface area (Å²) in [6.45, 7) is 4.82. The van der Waals surface area contributed by atoms with Crippen LogP contribution in [0.15, 0.2) is 36.1 Å². The number of phenolic OH excluding ortho intramolecular Hbond substituents is 2. The molecule has 0 fully saturated rings. The first kappa shape index (κ1) is 25.3. The van der Waals surface area contributed by atoms with E-state index in [9.17, 15) is 19.8 Å². The average Bonchev–Trinajstić information content (AvgIpc) is 2.76. The summed E-state index contributed by atoms with van der Waals surface area (Å²) in [4.78, 5) is 31.8. The van der Waals surface area contributed by atoms with Crippen LogP contribution in [0.5, 0.6) is 11.5 Å². The van der Waals surface area contributed by atoms with E-state index in [1.807, 2.05) is 32.1 Å². The smallest absolute Gasteiger partial charge is 0.342 e. The number of hydroxylamine groups is 1. The van der Waals surface area contributed by atoms with Crippen LogP contribution < -0.4 is 5.48 Å². The number of benzene rings is 1. The van der Waals surface area contributed by atoms with Crippen LogP contribution >= 0.6 is 11.6 Å². The van der Waals surface area contributed by atoms with Crippen LogP contribution in [-0.2, 0) is 14.4 Å². The number of nitrogens with one attached hydrogen (secondary N) is 1. The van der Waals surface area contributed by atoms with Gasteiger partial charge in [0.2, 0.25) is 0 Å². The predicted molar refractivity (Wildman–Crippen MR) is 122 cm³/mol. The van der Waals surface area contributed by atoms with Gasteiger partial charge in [0.25, 0.3) is 5.91 Å². The lowest BCUT2D eigenvalue weighted by Gasteiger charge is -2.19. The highest BCUT2D eigenvalue weighted by Gasteiger charge is 2.23. The Hall–Kier alpha value is -2.97. The maximum absolute atomic E-state index is 12.6. The molecule has 1 aromatic carbocycles. The third-order valence-corrected chi connectivity index (χ3v) is 5.15. The number of aromatic hydroxyl groups is 2. The predicted octanol–water partition coefficient (Wildman–Crippen LogP) is 3.93. The molecule has 2 rings (SSSR count). The van der Waals surface area contributed by atoms with Crippen molar-refractivity contribution >= 4 is 29.6 Å². The summed E-state index contributed by atoms with van der Waals surface area (Å²) in [5.74, 6) is -1.82. The Bertz CT molecular complexity index is 906.